The normalized spacial score (nSPS) is 14.2. The summed E-state index contributed by atoms with van der Waals surface area (Å²) in [5, 5.41) is 8.48. The van der Waals surface area contributed by atoms with Gasteiger partial charge in [0.05, 0.1) is 6.61 Å². The van der Waals surface area contributed by atoms with E-state index in [0.29, 0.717) is 0 Å². The van der Waals surface area contributed by atoms with E-state index in [0.717, 1.165) is 5.57 Å². The van der Waals surface area contributed by atoms with Gasteiger partial charge in [-0.3, -0.25) is 0 Å². The van der Waals surface area contributed by atoms with Crippen LogP contribution in [0.1, 0.15) is 13.8 Å². The molecular formula is C7H11IO. The summed E-state index contributed by atoms with van der Waals surface area (Å²) >= 11 is 2.18. The van der Waals surface area contributed by atoms with E-state index in [2.05, 4.69) is 22.6 Å². The lowest BCUT2D eigenvalue weighted by Crippen LogP contribution is -1.80. The first kappa shape index (κ1) is 9.17. The molecule has 0 amide bonds. The molecule has 0 fully saturated rings. The van der Waals surface area contributed by atoms with Crippen LogP contribution in [0.2, 0.25) is 0 Å². The van der Waals surface area contributed by atoms with Crippen molar-refractivity contribution < 1.29 is 5.11 Å². The van der Waals surface area contributed by atoms with Gasteiger partial charge in [-0.15, -0.1) is 0 Å². The monoisotopic (exact) mass is 238 g/mol. The molecule has 0 rings (SSSR count). The van der Waals surface area contributed by atoms with Crippen molar-refractivity contribution in [3.05, 3.63) is 21.3 Å². The first-order valence-electron chi connectivity index (χ1n) is 2.77. The van der Waals surface area contributed by atoms with Crippen LogP contribution in [-0.2, 0) is 0 Å². The van der Waals surface area contributed by atoms with Gasteiger partial charge in [0.15, 0.2) is 0 Å². The summed E-state index contributed by atoms with van der Waals surface area (Å²) in [7, 11) is 0. The lowest BCUT2D eigenvalue weighted by molar-refractivity contribution is 0.342. The van der Waals surface area contributed by atoms with Gasteiger partial charge in [0.1, 0.15) is 0 Å². The molecule has 1 N–H and O–H groups in total. The van der Waals surface area contributed by atoms with E-state index in [1.807, 2.05) is 17.9 Å². The maximum atomic E-state index is 8.48. The van der Waals surface area contributed by atoms with E-state index in [4.69, 9.17) is 5.11 Å². The van der Waals surface area contributed by atoms with Crippen molar-refractivity contribution >= 4 is 22.6 Å². The minimum atomic E-state index is 0.133. The number of rotatable bonds is 2. The Balaban J connectivity index is 4.03. The topological polar surface area (TPSA) is 20.2 Å². The molecule has 0 aliphatic carbocycles. The van der Waals surface area contributed by atoms with Crippen molar-refractivity contribution in [1.29, 1.82) is 0 Å². The molecule has 0 aliphatic heterocycles. The zero-order valence-electron chi connectivity index (χ0n) is 5.69. The highest BCUT2D eigenvalue weighted by molar-refractivity contribution is 14.1. The summed E-state index contributed by atoms with van der Waals surface area (Å²) in [6.07, 6.45) is 1.80. The van der Waals surface area contributed by atoms with Gasteiger partial charge >= 0.3 is 0 Å². The maximum Gasteiger partial charge on any atom is 0.0618 e. The number of hydrogen-bond donors (Lipinski definition) is 1. The van der Waals surface area contributed by atoms with E-state index in [9.17, 15) is 0 Å². The molecule has 0 aromatic heterocycles. The second kappa shape index (κ2) is 4.99. The Kier molecular flexibility index (Phi) is 5.09. The lowest BCUT2D eigenvalue weighted by atomic mass is 10.1. The highest BCUT2D eigenvalue weighted by Gasteiger charge is 1.87. The zero-order valence-corrected chi connectivity index (χ0v) is 7.84. The van der Waals surface area contributed by atoms with Crippen LogP contribution in [0.4, 0.5) is 0 Å². The molecule has 0 bridgehead atoms. The Morgan fingerprint density at radius 1 is 1.44 bits per heavy atom. The van der Waals surface area contributed by atoms with Gasteiger partial charge in [-0.05, 0) is 29.1 Å². The second-order valence-corrected chi connectivity index (χ2v) is 2.48. The van der Waals surface area contributed by atoms with Crippen molar-refractivity contribution in [3.63, 3.8) is 0 Å². The molecule has 2 heteroatoms. The van der Waals surface area contributed by atoms with Crippen molar-refractivity contribution in [2.75, 3.05) is 6.61 Å². The second-order valence-electron chi connectivity index (χ2n) is 1.86. The lowest BCUT2D eigenvalue weighted by Gasteiger charge is -1.96. The number of aliphatic hydroxyl groups excluding tert-OH is 1. The molecule has 0 saturated carbocycles. The molecule has 0 aromatic carbocycles. The molecule has 52 valence electrons. The summed E-state index contributed by atoms with van der Waals surface area (Å²) < 4.78 is 2.00. The van der Waals surface area contributed by atoms with Crippen LogP contribution in [0.5, 0.6) is 0 Å². The SMILES string of the molecule is CC(=C\I)/C(C)=C/CO. The van der Waals surface area contributed by atoms with E-state index in [-0.39, 0.29) is 6.61 Å². The summed E-state index contributed by atoms with van der Waals surface area (Å²) in [6, 6.07) is 0. The minimum Gasteiger partial charge on any atom is -0.392 e. The van der Waals surface area contributed by atoms with Gasteiger partial charge in [-0.25, -0.2) is 0 Å². The fourth-order valence-electron chi connectivity index (χ4n) is 0.384. The maximum absolute atomic E-state index is 8.48. The van der Waals surface area contributed by atoms with Crippen molar-refractivity contribution in [1.82, 2.24) is 0 Å². The Morgan fingerprint density at radius 3 is 2.33 bits per heavy atom. The van der Waals surface area contributed by atoms with E-state index in [1.54, 1.807) is 6.08 Å². The molecule has 0 aliphatic rings. The average Bonchev–Trinajstić information content (AvgIpc) is 1.87. The molecule has 9 heavy (non-hydrogen) atoms. The third-order valence-electron chi connectivity index (χ3n) is 1.18. The Labute approximate surface area is 69.6 Å². The van der Waals surface area contributed by atoms with Crippen molar-refractivity contribution in [2.24, 2.45) is 0 Å². The predicted octanol–water partition coefficient (Wildman–Crippen LogP) is 2.26. The fourth-order valence-corrected chi connectivity index (χ4v) is 0.875. The van der Waals surface area contributed by atoms with Crippen LogP contribution in [0.15, 0.2) is 21.3 Å². The molecule has 0 atom stereocenters. The van der Waals surface area contributed by atoms with Gasteiger partial charge in [-0.1, -0.05) is 28.7 Å². The molecule has 0 saturated heterocycles. The highest BCUT2D eigenvalue weighted by Crippen LogP contribution is 2.09. The zero-order chi connectivity index (χ0) is 7.28. The van der Waals surface area contributed by atoms with Crippen molar-refractivity contribution in [2.45, 2.75) is 13.8 Å². The van der Waals surface area contributed by atoms with Crippen LogP contribution in [0.3, 0.4) is 0 Å². The van der Waals surface area contributed by atoms with Gasteiger partial charge in [0, 0.05) is 0 Å². The van der Waals surface area contributed by atoms with Crippen molar-refractivity contribution in [3.8, 4) is 0 Å². The van der Waals surface area contributed by atoms with Gasteiger partial charge in [0.2, 0.25) is 0 Å². The van der Waals surface area contributed by atoms with Crippen LogP contribution >= 0.6 is 22.6 Å². The number of aliphatic hydroxyl groups is 1. The molecule has 1 nitrogen and oxygen atoms in total. The summed E-state index contributed by atoms with van der Waals surface area (Å²) in [4.78, 5) is 0. The number of allylic oxidation sites excluding steroid dienone is 2. The first-order chi connectivity index (χ1) is 4.22. The summed E-state index contributed by atoms with van der Waals surface area (Å²) in [5.74, 6) is 0. The van der Waals surface area contributed by atoms with E-state index >= 15 is 0 Å². The van der Waals surface area contributed by atoms with E-state index < -0.39 is 0 Å². The van der Waals surface area contributed by atoms with Crippen LogP contribution < -0.4 is 0 Å². The number of hydrogen-bond acceptors (Lipinski definition) is 1. The molecule has 0 spiro atoms. The molecule has 0 aromatic rings. The minimum absolute atomic E-state index is 0.133. The van der Waals surface area contributed by atoms with Crippen LogP contribution in [-0.4, -0.2) is 11.7 Å². The Bertz CT molecular complexity index is 136. The number of halogens is 1. The molecule has 0 heterocycles. The van der Waals surface area contributed by atoms with Gasteiger partial charge in [0.25, 0.3) is 0 Å². The van der Waals surface area contributed by atoms with Gasteiger partial charge in [-0.2, -0.15) is 0 Å². The quantitative estimate of drug-likeness (QED) is 0.577. The van der Waals surface area contributed by atoms with Crippen LogP contribution in [0, 0.1) is 0 Å². The summed E-state index contributed by atoms with van der Waals surface area (Å²) in [5.41, 5.74) is 2.36. The largest absolute Gasteiger partial charge is 0.392 e. The van der Waals surface area contributed by atoms with Gasteiger partial charge < -0.3 is 5.11 Å². The first-order valence-corrected chi connectivity index (χ1v) is 4.02. The third kappa shape index (κ3) is 3.70. The highest BCUT2D eigenvalue weighted by atomic mass is 127. The van der Waals surface area contributed by atoms with E-state index in [1.165, 1.54) is 5.57 Å². The third-order valence-corrected chi connectivity index (χ3v) is 2.12. The smallest absolute Gasteiger partial charge is 0.0618 e. The summed E-state index contributed by atoms with van der Waals surface area (Å²) in [6.45, 7) is 4.14. The molecule has 0 unspecified atom stereocenters. The standard InChI is InChI=1S/C7H11IO/c1-6(3-4-9)7(2)5-8/h3,5,9H,4H2,1-2H3/b6-3+,7-5+. The Hall–Kier alpha value is 0.170. The molecular weight excluding hydrogens is 227 g/mol. The predicted molar refractivity (Wildman–Crippen MR) is 48.6 cm³/mol. The fraction of sp³-hybridized carbons (Fsp3) is 0.429. The average molecular weight is 238 g/mol. The van der Waals surface area contributed by atoms with Crippen LogP contribution in [0.25, 0.3) is 0 Å². The molecule has 0 radical (unpaired) electrons. The Morgan fingerprint density at radius 2 is 2.00 bits per heavy atom.